The summed E-state index contributed by atoms with van der Waals surface area (Å²) in [5, 5.41) is 12.9. The van der Waals surface area contributed by atoms with E-state index in [-0.39, 0.29) is 12.5 Å². The van der Waals surface area contributed by atoms with Gasteiger partial charge >= 0.3 is 0 Å². The number of halogens is 1. The molecule has 0 unspecified atom stereocenters. The Morgan fingerprint density at radius 3 is 2.95 bits per heavy atom. The number of ether oxygens (including phenoxy) is 1. The van der Waals surface area contributed by atoms with E-state index in [1.807, 2.05) is 0 Å². The number of methoxy groups -OCH3 is 1. The van der Waals surface area contributed by atoms with E-state index in [2.05, 4.69) is 5.32 Å². The van der Waals surface area contributed by atoms with Crippen molar-refractivity contribution in [2.24, 2.45) is 0 Å². The fraction of sp³-hybridized carbons (Fsp3) is 0.214. The number of rotatable bonds is 5. The lowest BCUT2D eigenvalue weighted by Gasteiger charge is -2.12. The van der Waals surface area contributed by atoms with Gasteiger partial charge in [-0.25, -0.2) is 0 Å². The third kappa shape index (κ3) is 3.31. The van der Waals surface area contributed by atoms with Gasteiger partial charge in [0.15, 0.2) is 0 Å². The van der Waals surface area contributed by atoms with Crippen molar-refractivity contribution in [3.8, 4) is 5.75 Å². The number of hydrogen-bond acceptors (Lipinski definition) is 4. The van der Waals surface area contributed by atoms with Crippen molar-refractivity contribution in [2.45, 2.75) is 6.10 Å². The third-order valence-corrected chi connectivity index (χ3v) is 3.03. The second kappa shape index (κ2) is 6.45. The number of furan rings is 1. The highest BCUT2D eigenvalue weighted by Gasteiger charge is 2.15. The molecule has 0 saturated carbocycles. The van der Waals surface area contributed by atoms with E-state index < -0.39 is 6.10 Å². The number of aliphatic hydroxyl groups excluding tert-OH is 1. The van der Waals surface area contributed by atoms with E-state index in [9.17, 15) is 9.90 Å². The molecule has 0 aliphatic carbocycles. The number of benzene rings is 1. The molecule has 0 saturated heterocycles. The summed E-state index contributed by atoms with van der Waals surface area (Å²) in [7, 11) is 1.47. The van der Waals surface area contributed by atoms with Crippen LogP contribution >= 0.6 is 11.6 Å². The Balaban J connectivity index is 2.03. The van der Waals surface area contributed by atoms with E-state index in [1.54, 1.807) is 18.2 Å². The summed E-state index contributed by atoms with van der Waals surface area (Å²) in [5.74, 6) is 0.0524. The third-order valence-electron chi connectivity index (χ3n) is 2.79. The molecule has 2 aromatic rings. The van der Waals surface area contributed by atoms with Crippen LogP contribution in [0, 0.1) is 0 Å². The summed E-state index contributed by atoms with van der Waals surface area (Å²) in [4.78, 5) is 12.1. The van der Waals surface area contributed by atoms with E-state index >= 15 is 0 Å². The van der Waals surface area contributed by atoms with Gasteiger partial charge in [0.05, 0.1) is 31.3 Å². The van der Waals surface area contributed by atoms with Gasteiger partial charge in [-0.3, -0.25) is 4.79 Å². The van der Waals surface area contributed by atoms with Crippen LogP contribution in [0.5, 0.6) is 5.75 Å². The number of aliphatic hydroxyl groups is 1. The van der Waals surface area contributed by atoms with Crippen LogP contribution in [0.2, 0.25) is 5.02 Å². The molecule has 0 bridgehead atoms. The van der Waals surface area contributed by atoms with Gasteiger partial charge in [-0.2, -0.15) is 0 Å². The van der Waals surface area contributed by atoms with Gasteiger partial charge in [-0.05, 0) is 24.3 Å². The first-order valence-electron chi connectivity index (χ1n) is 5.93. The summed E-state index contributed by atoms with van der Waals surface area (Å²) in [6.45, 7) is 0.0635. The van der Waals surface area contributed by atoms with Crippen LogP contribution in [0.1, 0.15) is 22.0 Å². The molecule has 2 rings (SSSR count). The largest absolute Gasteiger partial charge is 0.496 e. The summed E-state index contributed by atoms with van der Waals surface area (Å²) in [6, 6.07) is 6.40. The number of amides is 1. The average molecular weight is 296 g/mol. The molecule has 0 aliphatic heterocycles. The maximum Gasteiger partial charge on any atom is 0.255 e. The first kappa shape index (κ1) is 14.4. The zero-order valence-corrected chi connectivity index (χ0v) is 11.6. The first-order valence-corrected chi connectivity index (χ1v) is 6.31. The fourth-order valence-corrected chi connectivity index (χ4v) is 1.90. The molecule has 1 atom stereocenters. The Hall–Kier alpha value is -1.98. The Morgan fingerprint density at radius 1 is 1.50 bits per heavy atom. The van der Waals surface area contributed by atoms with E-state index in [4.69, 9.17) is 20.8 Å². The monoisotopic (exact) mass is 295 g/mol. The molecule has 5 nitrogen and oxygen atoms in total. The van der Waals surface area contributed by atoms with Crippen molar-refractivity contribution < 1.29 is 19.1 Å². The molecule has 0 radical (unpaired) electrons. The highest BCUT2D eigenvalue weighted by Crippen LogP contribution is 2.22. The van der Waals surface area contributed by atoms with Gasteiger partial charge in [0.25, 0.3) is 5.91 Å². The molecule has 106 valence electrons. The Bertz CT molecular complexity index is 583. The maximum atomic E-state index is 12.1. The van der Waals surface area contributed by atoms with Gasteiger partial charge in [0.2, 0.25) is 0 Å². The smallest absolute Gasteiger partial charge is 0.255 e. The van der Waals surface area contributed by atoms with Crippen molar-refractivity contribution in [1.82, 2.24) is 5.32 Å². The van der Waals surface area contributed by atoms with Crippen molar-refractivity contribution >= 4 is 17.5 Å². The second-order valence-electron chi connectivity index (χ2n) is 4.13. The molecule has 0 fully saturated rings. The summed E-state index contributed by atoms with van der Waals surface area (Å²) < 4.78 is 9.97. The SMILES string of the molecule is COc1ccc(Cl)cc1C(=O)NC[C@@H](O)c1ccoc1. The minimum absolute atomic E-state index is 0.0635. The molecule has 1 amide bonds. The van der Waals surface area contributed by atoms with Gasteiger partial charge in [-0.15, -0.1) is 0 Å². The van der Waals surface area contributed by atoms with Crippen molar-refractivity contribution in [2.75, 3.05) is 13.7 Å². The average Bonchev–Trinajstić information content (AvgIpc) is 2.98. The summed E-state index contributed by atoms with van der Waals surface area (Å²) in [5.41, 5.74) is 0.919. The number of carbonyl (C=O) groups is 1. The van der Waals surface area contributed by atoms with E-state index in [0.717, 1.165) is 0 Å². The molecule has 2 N–H and O–H groups in total. The second-order valence-corrected chi connectivity index (χ2v) is 4.56. The van der Waals surface area contributed by atoms with Gasteiger partial charge in [0, 0.05) is 17.1 Å². The predicted molar refractivity (Wildman–Crippen MR) is 74.0 cm³/mol. The first-order chi connectivity index (χ1) is 9.61. The van der Waals surface area contributed by atoms with E-state index in [1.165, 1.54) is 25.7 Å². The van der Waals surface area contributed by atoms with Crippen LogP contribution in [-0.2, 0) is 0 Å². The molecular weight excluding hydrogens is 282 g/mol. The van der Waals surface area contributed by atoms with Crippen LogP contribution in [0.4, 0.5) is 0 Å². The Morgan fingerprint density at radius 2 is 2.30 bits per heavy atom. The fourth-order valence-electron chi connectivity index (χ4n) is 1.72. The van der Waals surface area contributed by atoms with E-state index in [0.29, 0.717) is 21.9 Å². The van der Waals surface area contributed by atoms with Crippen LogP contribution in [0.15, 0.2) is 41.2 Å². The number of carbonyl (C=O) groups excluding carboxylic acids is 1. The Labute approximate surface area is 121 Å². The van der Waals surface area contributed by atoms with Gasteiger partial charge in [-0.1, -0.05) is 11.6 Å². The zero-order chi connectivity index (χ0) is 14.5. The molecule has 0 spiro atoms. The highest BCUT2D eigenvalue weighted by molar-refractivity contribution is 6.31. The lowest BCUT2D eigenvalue weighted by molar-refractivity contribution is 0.0913. The van der Waals surface area contributed by atoms with Crippen molar-refractivity contribution in [3.63, 3.8) is 0 Å². The zero-order valence-electron chi connectivity index (χ0n) is 10.8. The minimum atomic E-state index is -0.831. The number of nitrogens with one attached hydrogen (secondary N) is 1. The van der Waals surface area contributed by atoms with Crippen LogP contribution in [0.3, 0.4) is 0 Å². The molecule has 20 heavy (non-hydrogen) atoms. The lowest BCUT2D eigenvalue weighted by Crippen LogP contribution is -2.28. The number of hydrogen-bond donors (Lipinski definition) is 2. The molecule has 0 aliphatic rings. The predicted octanol–water partition coefficient (Wildman–Crippen LogP) is 2.41. The van der Waals surface area contributed by atoms with Crippen molar-refractivity contribution in [3.05, 3.63) is 52.9 Å². The molecule has 1 aromatic carbocycles. The highest BCUT2D eigenvalue weighted by atomic mass is 35.5. The summed E-state index contributed by atoms with van der Waals surface area (Å²) in [6.07, 6.45) is 2.06. The van der Waals surface area contributed by atoms with Crippen molar-refractivity contribution in [1.29, 1.82) is 0 Å². The normalized spacial score (nSPS) is 11.9. The topological polar surface area (TPSA) is 71.7 Å². The Kier molecular flexibility index (Phi) is 4.65. The standard InChI is InChI=1S/C14H14ClNO4/c1-19-13-3-2-10(15)6-11(13)14(18)16-7-12(17)9-4-5-20-8-9/h2-6,8,12,17H,7H2,1H3,(H,16,18)/t12-/m1/s1. The van der Waals surface area contributed by atoms with Gasteiger partial charge < -0.3 is 19.6 Å². The maximum absolute atomic E-state index is 12.1. The van der Waals surface area contributed by atoms with Gasteiger partial charge in [0.1, 0.15) is 5.75 Å². The van der Waals surface area contributed by atoms with Crippen LogP contribution < -0.4 is 10.1 Å². The summed E-state index contributed by atoms with van der Waals surface area (Å²) >= 11 is 5.86. The molecule has 6 heteroatoms. The quantitative estimate of drug-likeness (QED) is 0.888. The lowest BCUT2D eigenvalue weighted by atomic mass is 10.1. The molecule has 1 heterocycles. The molecule has 1 aromatic heterocycles. The van der Waals surface area contributed by atoms with Crippen LogP contribution in [0.25, 0.3) is 0 Å². The minimum Gasteiger partial charge on any atom is -0.496 e. The van der Waals surface area contributed by atoms with Crippen LogP contribution in [-0.4, -0.2) is 24.7 Å². The molecular formula is C14H14ClNO4.